The number of rotatable bonds is 7. The first kappa shape index (κ1) is 16.0. The first-order valence-electron chi connectivity index (χ1n) is 6.42. The topological polar surface area (TPSA) is 38.3 Å². The van der Waals surface area contributed by atoms with Crippen LogP contribution in [0.15, 0.2) is 24.3 Å². The van der Waals surface area contributed by atoms with Crippen molar-refractivity contribution in [3.8, 4) is 5.75 Å². The van der Waals surface area contributed by atoms with E-state index in [1.54, 1.807) is 7.11 Å². The van der Waals surface area contributed by atoms with E-state index >= 15 is 0 Å². The Morgan fingerprint density at radius 3 is 2.47 bits per heavy atom. The quantitative estimate of drug-likeness (QED) is 0.781. The average Bonchev–Trinajstić information content (AvgIpc) is 2.37. The zero-order valence-corrected chi connectivity index (χ0v) is 13.4. The maximum Gasteiger partial charge on any atom is 0.224 e. The fourth-order valence-electron chi connectivity index (χ4n) is 1.67. The fourth-order valence-corrected chi connectivity index (χ4v) is 2.75. The number of carbonyl (C=O) groups is 1. The molecule has 1 aromatic carbocycles. The predicted molar refractivity (Wildman–Crippen MR) is 81.9 cm³/mol. The minimum absolute atomic E-state index is 0.0628. The van der Waals surface area contributed by atoms with Gasteiger partial charge in [0.1, 0.15) is 5.75 Å². The number of ether oxygens (including phenoxy) is 1. The summed E-state index contributed by atoms with van der Waals surface area (Å²) in [5.41, 5.74) is 1.12. The molecule has 0 aliphatic rings. The van der Waals surface area contributed by atoms with Crippen molar-refractivity contribution in [1.29, 1.82) is 0 Å². The fraction of sp³-hybridized carbons (Fsp3) is 0.533. The van der Waals surface area contributed by atoms with Crippen molar-refractivity contribution in [1.82, 2.24) is 5.32 Å². The van der Waals surface area contributed by atoms with Crippen LogP contribution in [0.1, 0.15) is 25.8 Å². The molecule has 0 aliphatic carbocycles. The molecule has 0 aromatic heterocycles. The summed E-state index contributed by atoms with van der Waals surface area (Å²) < 4.78 is 5.09. The lowest BCUT2D eigenvalue weighted by molar-refractivity contribution is -0.120. The molecule has 19 heavy (non-hydrogen) atoms. The van der Waals surface area contributed by atoms with E-state index in [-0.39, 0.29) is 11.3 Å². The van der Waals surface area contributed by atoms with Crippen LogP contribution >= 0.6 is 15.9 Å². The van der Waals surface area contributed by atoms with E-state index in [0.29, 0.717) is 13.0 Å². The molecule has 0 heterocycles. The average molecular weight is 328 g/mol. The molecule has 0 bridgehead atoms. The molecule has 106 valence electrons. The number of amides is 1. The maximum absolute atomic E-state index is 11.9. The van der Waals surface area contributed by atoms with E-state index in [1.165, 1.54) is 0 Å². The molecule has 0 atom stereocenters. The van der Waals surface area contributed by atoms with Gasteiger partial charge in [-0.15, -0.1) is 0 Å². The van der Waals surface area contributed by atoms with Crippen LogP contribution in [0.5, 0.6) is 5.75 Å². The van der Waals surface area contributed by atoms with E-state index in [2.05, 4.69) is 35.1 Å². The van der Waals surface area contributed by atoms with Gasteiger partial charge in [0.15, 0.2) is 0 Å². The maximum atomic E-state index is 11.9. The molecule has 0 fully saturated rings. The molecule has 0 saturated heterocycles. The highest BCUT2D eigenvalue weighted by Crippen LogP contribution is 2.20. The summed E-state index contributed by atoms with van der Waals surface area (Å²) in [5.74, 6) is 0.871. The lowest BCUT2D eigenvalue weighted by Crippen LogP contribution is -2.35. The summed E-state index contributed by atoms with van der Waals surface area (Å²) in [6, 6.07) is 7.58. The smallest absolute Gasteiger partial charge is 0.224 e. The molecule has 1 N–H and O–H groups in total. The van der Waals surface area contributed by atoms with E-state index < -0.39 is 0 Å². The van der Waals surface area contributed by atoms with Gasteiger partial charge in [-0.25, -0.2) is 0 Å². The first-order valence-corrected chi connectivity index (χ1v) is 7.54. The van der Waals surface area contributed by atoms with Crippen LogP contribution in [0.2, 0.25) is 0 Å². The van der Waals surface area contributed by atoms with Gasteiger partial charge >= 0.3 is 0 Å². The molecular weight excluding hydrogens is 306 g/mol. The number of benzene rings is 1. The van der Waals surface area contributed by atoms with Crippen molar-refractivity contribution in [2.45, 2.75) is 26.7 Å². The second-order valence-electron chi connectivity index (χ2n) is 5.40. The van der Waals surface area contributed by atoms with Crippen LogP contribution < -0.4 is 10.1 Å². The Kier molecular flexibility index (Phi) is 6.35. The van der Waals surface area contributed by atoms with E-state index in [9.17, 15) is 4.79 Å². The first-order chi connectivity index (χ1) is 8.96. The normalized spacial score (nSPS) is 11.2. The minimum atomic E-state index is 0.0628. The van der Waals surface area contributed by atoms with Crippen molar-refractivity contribution in [3.05, 3.63) is 29.8 Å². The Hall–Kier alpha value is -1.03. The van der Waals surface area contributed by atoms with Gasteiger partial charge in [-0.2, -0.15) is 0 Å². The van der Waals surface area contributed by atoms with Gasteiger partial charge in [0.2, 0.25) is 5.91 Å². The Labute approximate surface area is 123 Å². The zero-order chi connectivity index (χ0) is 14.3. The summed E-state index contributed by atoms with van der Waals surface area (Å²) >= 11 is 3.44. The Morgan fingerprint density at radius 2 is 1.95 bits per heavy atom. The third-order valence-electron chi connectivity index (χ3n) is 3.06. The molecule has 0 radical (unpaired) electrons. The monoisotopic (exact) mass is 327 g/mol. The summed E-state index contributed by atoms with van der Waals surface area (Å²) in [6.07, 6.45) is 1.45. The van der Waals surface area contributed by atoms with Crippen molar-refractivity contribution in [2.24, 2.45) is 5.41 Å². The van der Waals surface area contributed by atoms with Crippen LogP contribution in [-0.2, 0) is 11.2 Å². The van der Waals surface area contributed by atoms with Gasteiger partial charge in [-0.05, 0) is 29.5 Å². The molecule has 0 saturated carbocycles. The van der Waals surface area contributed by atoms with Crippen molar-refractivity contribution in [2.75, 3.05) is 19.0 Å². The number of carbonyl (C=O) groups excluding carboxylic acids is 1. The summed E-state index contributed by atoms with van der Waals surface area (Å²) in [6.45, 7) is 5.01. The van der Waals surface area contributed by atoms with E-state index in [1.807, 2.05) is 24.3 Å². The third kappa shape index (κ3) is 6.10. The van der Waals surface area contributed by atoms with Crippen LogP contribution in [0, 0.1) is 5.41 Å². The summed E-state index contributed by atoms with van der Waals surface area (Å²) in [5, 5.41) is 3.95. The minimum Gasteiger partial charge on any atom is -0.497 e. The standard InChI is InChI=1S/C15H22BrNO2/c1-15(2,8-9-16)11-17-14(18)10-12-4-6-13(19-3)7-5-12/h4-7H,8-11H2,1-3H3,(H,17,18). The van der Waals surface area contributed by atoms with E-state index in [4.69, 9.17) is 4.74 Å². The second-order valence-corrected chi connectivity index (χ2v) is 6.20. The number of halogens is 1. The van der Waals surface area contributed by atoms with Gasteiger partial charge in [0.25, 0.3) is 0 Å². The summed E-state index contributed by atoms with van der Waals surface area (Å²) in [4.78, 5) is 11.9. The van der Waals surface area contributed by atoms with E-state index in [0.717, 1.165) is 23.1 Å². The predicted octanol–water partition coefficient (Wildman–Crippen LogP) is 3.17. The van der Waals surface area contributed by atoms with Gasteiger partial charge in [0, 0.05) is 11.9 Å². The Morgan fingerprint density at radius 1 is 1.32 bits per heavy atom. The molecule has 0 unspecified atom stereocenters. The molecule has 1 amide bonds. The molecule has 1 aromatic rings. The Balaban J connectivity index is 2.42. The third-order valence-corrected chi connectivity index (χ3v) is 3.46. The number of methoxy groups -OCH3 is 1. The molecule has 0 spiro atoms. The molecule has 3 nitrogen and oxygen atoms in total. The van der Waals surface area contributed by atoms with Crippen molar-refractivity contribution < 1.29 is 9.53 Å². The lowest BCUT2D eigenvalue weighted by Gasteiger charge is -2.23. The zero-order valence-electron chi connectivity index (χ0n) is 11.8. The van der Waals surface area contributed by atoms with Crippen LogP contribution in [-0.4, -0.2) is 24.9 Å². The number of alkyl halides is 1. The molecule has 1 rings (SSSR count). The molecular formula is C15H22BrNO2. The van der Waals surface area contributed by atoms with Crippen LogP contribution in [0.25, 0.3) is 0 Å². The van der Waals surface area contributed by atoms with Crippen LogP contribution in [0.4, 0.5) is 0 Å². The highest BCUT2D eigenvalue weighted by molar-refractivity contribution is 9.09. The Bertz CT molecular complexity index is 401. The lowest BCUT2D eigenvalue weighted by atomic mass is 9.90. The van der Waals surface area contributed by atoms with Crippen LogP contribution in [0.3, 0.4) is 0 Å². The number of hydrogen-bond donors (Lipinski definition) is 1. The molecule has 4 heteroatoms. The molecule has 0 aliphatic heterocycles. The largest absolute Gasteiger partial charge is 0.497 e. The van der Waals surface area contributed by atoms with Gasteiger partial charge in [-0.1, -0.05) is 41.9 Å². The van der Waals surface area contributed by atoms with Gasteiger partial charge in [-0.3, -0.25) is 4.79 Å². The number of hydrogen-bond acceptors (Lipinski definition) is 2. The SMILES string of the molecule is COc1ccc(CC(=O)NCC(C)(C)CCBr)cc1. The van der Waals surface area contributed by atoms with Crippen molar-refractivity contribution in [3.63, 3.8) is 0 Å². The second kappa shape index (κ2) is 7.53. The van der Waals surface area contributed by atoms with Gasteiger partial charge < -0.3 is 10.1 Å². The highest BCUT2D eigenvalue weighted by atomic mass is 79.9. The number of nitrogens with one attached hydrogen (secondary N) is 1. The summed E-state index contributed by atoms with van der Waals surface area (Å²) in [7, 11) is 1.63. The highest BCUT2D eigenvalue weighted by Gasteiger charge is 2.17. The van der Waals surface area contributed by atoms with Crippen molar-refractivity contribution >= 4 is 21.8 Å². The van der Waals surface area contributed by atoms with Gasteiger partial charge in [0.05, 0.1) is 13.5 Å².